The number of hydrogen-bond donors (Lipinski definition) is 2. The number of rotatable bonds is 3. The number of carbonyl (C=O) groups is 1. The smallest absolute Gasteiger partial charge is 0.228 e. The summed E-state index contributed by atoms with van der Waals surface area (Å²) < 4.78 is 40.9. The molecule has 0 spiro atoms. The van der Waals surface area contributed by atoms with Gasteiger partial charge in [-0.1, -0.05) is 12.1 Å². The highest BCUT2D eigenvalue weighted by molar-refractivity contribution is 5.95. The summed E-state index contributed by atoms with van der Waals surface area (Å²) in [6.45, 7) is 1.34. The number of nitrogens with one attached hydrogen (secondary N) is 2. The van der Waals surface area contributed by atoms with E-state index in [1.807, 2.05) is 6.07 Å². The van der Waals surface area contributed by atoms with Crippen molar-refractivity contribution in [3.63, 3.8) is 0 Å². The fourth-order valence-electron chi connectivity index (χ4n) is 3.45. The van der Waals surface area contributed by atoms with Crippen LogP contribution in [0.3, 0.4) is 0 Å². The van der Waals surface area contributed by atoms with Crippen LogP contribution in [0.2, 0.25) is 0 Å². The summed E-state index contributed by atoms with van der Waals surface area (Å²) in [5, 5.41) is 5.82. The maximum Gasteiger partial charge on any atom is 0.228 e. The Morgan fingerprint density at radius 2 is 1.96 bits per heavy atom. The lowest BCUT2D eigenvalue weighted by molar-refractivity contribution is -0.117. The van der Waals surface area contributed by atoms with Crippen molar-refractivity contribution in [3.05, 3.63) is 64.5 Å². The fraction of sp³-hybridized carbons (Fsp3) is 0.316. The summed E-state index contributed by atoms with van der Waals surface area (Å²) in [6, 6.07) is 7.08. The molecule has 4 rings (SSSR count). The first kappa shape index (κ1) is 16.1. The molecule has 2 unspecified atom stereocenters. The largest absolute Gasteiger partial charge is 0.323 e. The molecule has 2 atom stereocenters. The minimum Gasteiger partial charge on any atom is -0.323 e. The average Bonchev–Trinajstić information content (AvgIpc) is 3.41. The van der Waals surface area contributed by atoms with Crippen molar-refractivity contribution in [2.24, 2.45) is 5.92 Å². The third-order valence-corrected chi connectivity index (χ3v) is 4.96. The van der Waals surface area contributed by atoms with E-state index in [1.54, 1.807) is 6.07 Å². The van der Waals surface area contributed by atoms with Crippen molar-refractivity contribution in [3.8, 4) is 0 Å². The quantitative estimate of drug-likeness (QED) is 0.893. The minimum atomic E-state index is -0.919. The molecule has 1 heterocycles. The zero-order valence-corrected chi connectivity index (χ0v) is 13.4. The topological polar surface area (TPSA) is 41.1 Å². The molecule has 1 saturated carbocycles. The van der Waals surface area contributed by atoms with E-state index >= 15 is 0 Å². The molecule has 25 heavy (non-hydrogen) atoms. The number of benzene rings is 2. The Labute approximate surface area is 143 Å². The highest BCUT2D eigenvalue weighted by Gasteiger charge is 2.44. The molecule has 2 aromatic carbocycles. The molecule has 0 aromatic heterocycles. The van der Waals surface area contributed by atoms with Gasteiger partial charge >= 0.3 is 0 Å². The Balaban J connectivity index is 1.47. The van der Waals surface area contributed by atoms with Crippen molar-refractivity contribution in [2.75, 3.05) is 11.9 Å². The number of amides is 1. The van der Waals surface area contributed by atoms with Crippen LogP contribution >= 0.6 is 0 Å². The van der Waals surface area contributed by atoms with Gasteiger partial charge in [0.2, 0.25) is 5.91 Å². The number of fused-ring (bicyclic) bond motifs is 1. The van der Waals surface area contributed by atoms with E-state index in [0.29, 0.717) is 37.1 Å². The predicted molar refractivity (Wildman–Crippen MR) is 87.6 cm³/mol. The van der Waals surface area contributed by atoms with Gasteiger partial charge in [-0.05, 0) is 60.2 Å². The van der Waals surface area contributed by atoms with Crippen molar-refractivity contribution in [1.82, 2.24) is 5.32 Å². The first-order valence-electron chi connectivity index (χ1n) is 8.31. The molecule has 1 aliphatic carbocycles. The SMILES string of the molecule is O=C(Nc1ccc2c(c1F)CCNC2)C1CC1c1ccc(F)c(F)c1. The molecule has 2 aromatic rings. The summed E-state index contributed by atoms with van der Waals surface area (Å²) in [5.74, 6) is -2.99. The third kappa shape index (κ3) is 3.02. The van der Waals surface area contributed by atoms with Gasteiger partial charge in [-0.25, -0.2) is 13.2 Å². The minimum absolute atomic E-state index is 0.153. The molecule has 1 aliphatic heterocycles. The lowest BCUT2D eigenvalue weighted by Crippen LogP contribution is -2.25. The van der Waals surface area contributed by atoms with Crippen LogP contribution in [0.5, 0.6) is 0 Å². The lowest BCUT2D eigenvalue weighted by Gasteiger charge is -2.19. The zero-order valence-electron chi connectivity index (χ0n) is 13.4. The van der Waals surface area contributed by atoms with Gasteiger partial charge in [0.1, 0.15) is 5.82 Å². The Hall–Kier alpha value is -2.34. The van der Waals surface area contributed by atoms with Crippen molar-refractivity contribution < 1.29 is 18.0 Å². The number of carbonyl (C=O) groups excluding carboxylic acids is 1. The van der Waals surface area contributed by atoms with E-state index in [2.05, 4.69) is 10.6 Å². The van der Waals surface area contributed by atoms with Gasteiger partial charge in [0.05, 0.1) is 5.69 Å². The number of halogens is 3. The second-order valence-corrected chi connectivity index (χ2v) is 6.60. The van der Waals surface area contributed by atoms with Gasteiger partial charge in [0.25, 0.3) is 0 Å². The second-order valence-electron chi connectivity index (χ2n) is 6.60. The molecule has 130 valence electrons. The van der Waals surface area contributed by atoms with E-state index in [0.717, 1.165) is 17.7 Å². The Bertz CT molecular complexity index is 853. The molecule has 0 saturated heterocycles. The van der Waals surface area contributed by atoms with Crippen LogP contribution in [0.15, 0.2) is 30.3 Å². The van der Waals surface area contributed by atoms with E-state index in [1.165, 1.54) is 6.07 Å². The summed E-state index contributed by atoms with van der Waals surface area (Å²) in [7, 11) is 0. The van der Waals surface area contributed by atoms with Crippen molar-refractivity contribution in [2.45, 2.75) is 25.3 Å². The fourth-order valence-corrected chi connectivity index (χ4v) is 3.45. The summed E-state index contributed by atoms with van der Waals surface area (Å²) in [6.07, 6.45) is 1.14. The predicted octanol–water partition coefficient (Wildman–Crippen LogP) is 3.49. The standard InChI is InChI=1S/C19H17F3N2O/c20-15-3-1-10(7-16(15)21)13-8-14(13)19(25)24-17-4-2-11-9-23-6-5-12(11)18(17)22/h1-4,7,13-14,23H,5-6,8-9H2,(H,24,25). The summed E-state index contributed by atoms with van der Waals surface area (Å²) in [4.78, 5) is 12.4. The molecule has 1 fully saturated rings. The van der Waals surface area contributed by atoms with E-state index in [4.69, 9.17) is 0 Å². The normalized spacial score (nSPS) is 21.6. The molecule has 2 aliphatic rings. The van der Waals surface area contributed by atoms with Crippen LogP contribution in [-0.2, 0) is 17.8 Å². The monoisotopic (exact) mass is 346 g/mol. The Morgan fingerprint density at radius 3 is 2.76 bits per heavy atom. The van der Waals surface area contributed by atoms with E-state index < -0.39 is 11.6 Å². The second kappa shape index (κ2) is 6.19. The Morgan fingerprint density at radius 1 is 1.12 bits per heavy atom. The van der Waals surface area contributed by atoms with Gasteiger partial charge in [0.15, 0.2) is 11.6 Å². The maximum atomic E-state index is 14.6. The maximum absolute atomic E-state index is 14.6. The Kier molecular flexibility index (Phi) is 4.00. The van der Waals surface area contributed by atoms with Crippen molar-refractivity contribution in [1.29, 1.82) is 0 Å². The van der Waals surface area contributed by atoms with Crippen LogP contribution in [0.4, 0.5) is 18.9 Å². The van der Waals surface area contributed by atoms with E-state index in [9.17, 15) is 18.0 Å². The molecule has 2 N–H and O–H groups in total. The van der Waals surface area contributed by atoms with Crippen LogP contribution in [-0.4, -0.2) is 12.5 Å². The van der Waals surface area contributed by atoms with Gasteiger partial charge < -0.3 is 10.6 Å². The molecule has 0 bridgehead atoms. The molecular weight excluding hydrogens is 329 g/mol. The van der Waals surface area contributed by atoms with Crippen molar-refractivity contribution >= 4 is 11.6 Å². The number of anilines is 1. The van der Waals surface area contributed by atoms with Crippen LogP contribution in [0.1, 0.15) is 29.0 Å². The van der Waals surface area contributed by atoms with Crippen LogP contribution in [0, 0.1) is 23.4 Å². The highest BCUT2D eigenvalue weighted by atomic mass is 19.2. The molecule has 3 nitrogen and oxygen atoms in total. The summed E-state index contributed by atoms with van der Waals surface area (Å²) in [5.41, 5.74) is 2.33. The van der Waals surface area contributed by atoms with Gasteiger partial charge in [-0.2, -0.15) is 0 Å². The third-order valence-electron chi connectivity index (χ3n) is 4.96. The van der Waals surface area contributed by atoms with Gasteiger partial charge in [0, 0.05) is 12.5 Å². The summed E-state index contributed by atoms with van der Waals surface area (Å²) >= 11 is 0. The highest BCUT2D eigenvalue weighted by Crippen LogP contribution is 2.48. The van der Waals surface area contributed by atoms with Gasteiger partial charge in [-0.3, -0.25) is 4.79 Å². The average molecular weight is 346 g/mol. The first-order valence-corrected chi connectivity index (χ1v) is 8.31. The number of hydrogen-bond acceptors (Lipinski definition) is 2. The molecule has 6 heteroatoms. The lowest BCUT2D eigenvalue weighted by atomic mass is 9.99. The van der Waals surface area contributed by atoms with Crippen LogP contribution in [0.25, 0.3) is 0 Å². The molecule has 0 radical (unpaired) electrons. The first-order chi connectivity index (χ1) is 12.0. The van der Waals surface area contributed by atoms with Gasteiger partial charge in [-0.15, -0.1) is 0 Å². The van der Waals surface area contributed by atoms with E-state index in [-0.39, 0.29) is 29.2 Å². The zero-order chi connectivity index (χ0) is 17.6. The molecular formula is C19H17F3N2O. The van der Waals surface area contributed by atoms with Crippen LogP contribution < -0.4 is 10.6 Å². The molecule has 1 amide bonds.